The smallest absolute Gasteiger partial charge is 0.301 e. The van der Waals surface area contributed by atoms with Crippen molar-refractivity contribution < 1.29 is 9.21 Å². The quantitative estimate of drug-likeness (QED) is 0.435. The first-order valence-electron chi connectivity index (χ1n) is 6.76. The molecule has 0 saturated heterocycles. The van der Waals surface area contributed by atoms with Crippen LogP contribution in [0.15, 0.2) is 41.0 Å². The van der Waals surface area contributed by atoms with Crippen molar-refractivity contribution in [2.45, 2.75) is 19.9 Å². The van der Waals surface area contributed by atoms with Gasteiger partial charge in [0.25, 0.3) is 0 Å². The van der Waals surface area contributed by atoms with E-state index in [9.17, 15) is 4.79 Å². The third kappa shape index (κ3) is 2.30. The number of carbonyl (C=O) groups is 1. The van der Waals surface area contributed by atoms with Crippen molar-refractivity contribution in [2.24, 2.45) is 5.84 Å². The van der Waals surface area contributed by atoms with Crippen LogP contribution in [0.25, 0.3) is 11.0 Å². The highest BCUT2D eigenvalue weighted by molar-refractivity contribution is 5.92. The molecule has 0 aliphatic carbocycles. The molecule has 0 unspecified atom stereocenters. The number of nitrogen functional groups attached to an aromatic ring is 1. The van der Waals surface area contributed by atoms with E-state index in [4.69, 9.17) is 10.3 Å². The second kappa shape index (κ2) is 5.41. The van der Waals surface area contributed by atoms with Gasteiger partial charge in [-0.1, -0.05) is 19.1 Å². The summed E-state index contributed by atoms with van der Waals surface area (Å²) in [6.45, 7) is 2.57. The Kier molecular flexibility index (Phi) is 3.45. The minimum absolute atomic E-state index is 0.234. The highest BCUT2D eigenvalue weighted by atomic mass is 16.3. The van der Waals surface area contributed by atoms with Crippen LogP contribution in [0.2, 0.25) is 0 Å². The Morgan fingerprint density at radius 2 is 2.19 bits per heavy atom. The van der Waals surface area contributed by atoms with Crippen LogP contribution in [0.5, 0.6) is 0 Å². The number of furan rings is 1. The first-order valence-corrected chi connectivity index (χ1v) is 6.76. The highest BCUT2D eigenvalue weighted by Crippen LogP contribution is 2.20. The zero-order chi connectivity index (χ0) is 14.8. The van der Waals surface area contributed by atoms with Crippen LogP contribution in [-0.4, -0.2) is 15.5 Å². The molecule has 0 bridgehead atoms. The predicted molar refractivity (Wildman–Crippen MR) is 78.6 cm³/mol. The number of hydrazine groups is 1. The van der Waals surface area contributed by atoms with E-state index in [1.807, 2.05) is 24.3 Å². The molecule has 3 N–H and O–H groups in total. The standard InChI is InChI=1S/C15H16N4O2/c1-2-13-17-11-5-3-4-6-12(11)19(13)9-10-7-8-21-14(10)15(20)18-16/h3-8H,2,9,16H2,1H3,(H,18,20). The third-order valence-corrected chi connectivity index (χ3v) is 3.46. The molecule has 6 nitrogen and oxygen atoms in total. The van der Waals surface area contributed by atoms with Crippen LogP contribution < -0.4 is 11.3 Å². The topological polar surface area (TPSA) is 86.1 Å². The fraction of sp³-hybridized carbons (Fsp3) is 0.200. The number of nitrogens with one attached hydrogen (secondary N) is 1. The molecule has 0 spiro atoms. The second-order valence-electron chi connectivity index (χ2n) is 4.70. The molecule has 1 aromatic carbocycles. The molecule has 2 heterocycles. The van der Waals surface area contributed by atoms with Gasteiger partial charge in [0.1, 0.15) is 5.82 Å². The van der Waals surface area contributed by atoms with Crippen LogP contribution in [0.4, 0.5) is 0 Å². The number of nitrogens with zero attached hydrogens (tertiary/aromatic N) is 2. The zero-order valence-electron chi connectivity index (χ0n) is 11.7. The summed E-state index contributed by atoms with van der Waals surface area (Å²) >= 11 is 0. The average molecular weight is 284 g/mol. The lowest BCUT2D eigenvalue weighted by atomic mass is 10.2. The first-order chi connectivity index (χ1) is 10.2. The van der Waals surface area contributed by atoms with Crippen molar-refractivity contribution in [1.29, 1.82) is 0 Å². The number of fused-ring (bicyclic) bond motifs is 1. The Hall–Kier alpha value is -2.60. The summed E-state index contributed by atoms with van der Waals surface area (Å²) in [5.74, 6) is 5.94. The third-order valence-electron chi connectivity index (χ3n) is 3.46. The largest absolute Gasteiger partial charge is 0.459 e. The van der Waals surface area contributed by atoms with Crippen LogP contribution in [0, 0.1) is 0 Å². The Bertz CT molecular complexity index is 788. The van der Waals surface area contributed by atoms with E-state index in [-0.39, 0.29) is 5.76 Å². The van der Waals surface area contributed by atoms with E-state index in [1.165, 1.54) is 6.26 Å². The van der Waals surface area contributed by atoms with Gasteiger partial charge in [-0.15, -0.1) is 0 Å². The Balaban J connectivity index is 2.06. The van der Waals surface area contributed by atoms with Crippen LogP contribution >= 0.6 is 0 Å². The van der Waals surface area contributed by atoms with Gasteiger partial charge >= 0.3 is 5.91 Å². The number of hydrogen-bond acceptors (Lipinski definition) is 4. The molecule has 0 radical (unpaired) electrons. The van der Waals surface area contributed by atoms with E-state index in [0.717, 1.165) is 28.8 Å². The monoisotopic (exact) mass is 284 g/mol. The lowest BCUT2D eigenvalue weighted by molar-refractivity contribution is 0.0924. The molecule has 0 fully saturated rings. The minimum atomic E-state index is -0.433. The maximum Gasteiger partial charge on any atom is 0.301 e. The predicted octanol–water partition coefficient (Wildman–Crippen LogP) is 1.84. The van der Waals surface area contributed by atoms with Crippen molar-refractivity contribution in [3.05, 3.63) is 53.7 Å². The molecule has 6 heteroatoms. The summed E-state index contributed by atoms with van der Waals surface area (Å²) < 4.78 is 7.32. The summed E-state index contributed by atoms with van der Waals surface area (Å²) in [6.07, 6.45) is 2.30. The van der Waals surface area contributed by atoms with Crippen molar-refractivity contribution in [1.82, 2.24) is 15.0 Å². The fourth-order valence-corrected chi connectivity index (χ4v) is 2.47. The van der Waals surface area contributed by atoms with Gasteiger partial charge in [0, 0.05) is 12.0 Å². The number of benzene rings is 1. The number of imidazole rings is 1. The number of aromatic nitrogens is 2. The van der Waals surface area contributed by atoms with Gasteiger partial charge in [-0.05, 0) is 18.2 Å². The number of para-hydroxylation sites is 2. The van der Waals surface area contributed by atoms with E-state index < -0.39 is 5.91 Å². The Morgan fingerprint density at radius 1 is 1.38 bits per heavy atom. The molecule has 3 aromatic rings. The maximum absolute atomic E-state index is 11.7. The second-order valence-corrected chi connectivity index (χ2v) is 4.70. The molecular formula is C15H16N4O2. The van der Waals surface area contributed by atoms with E-state index in [2.05, 4.69) is 21.9 Å². The van der Waals surface area contributed by atoms with Crippen molar-refractivity contribution in [3.63, 3.8) is 0 Å². The SMILES string of the molecule is CCc1nc2ccccc2n1Cc1ccoc1C(=O)NN. The molecule has 0 atom stereocenters. The summed E-state index contributed by atoms with van der Waals surface area (Å²) in [4.78, 5) is 16.3. The highest BCUT2D eigenvalue weighted by Gasteiger charge is 2.17. The Morgan fingerprint density at radius 3 is 2.95 bits per heavy atom. The van der Waals surface area contributed by atoms with Gasteiger partial charge in [-0.2, -0.15) is 0 Å². The number of carbonyl (C=O) groups excluding carboxylic acids is 1. The van der Waals surface area contributed by atoms with Gasteiger partial charge in [-0.3, -0.25) is 10.2 Å². The van der Waals surface area contributed by atoms with Gasteiger partial charge in [0.2, 0.25) is 0 Å². The summed E-state index contributed by atoms with van der Waals surface area (Å²) in [5, 5.41) is 0. The fourth-order valence-electron chi connectivity index (χ4n) is 2.47. The number of rotatable bonds is 4. The molecular weight excluding hydrogens is 268 g/mol. The van der Waals surface area contributed by atoms with E-state index >= 15 is 0 Å². The lowest BCUT2D eigenvalue weighted by Gasteiger charge is -2.08. The molecule has 0 aliphatic heterocycles. The number of hydrogen-bond donors (Lipinski definition) is 2. The maximum atomic E-state index is 11.7. The van der Waals surface area contributed by atoms with Gasteiger partial charge in [-0.25, -0.2) is 10.8 Å². The first kappa shape index (κ1) is 13.4. The van der Waals surface area contributed by atoms with Gasteiger partial charge < -0.3 is 8.98 Å². The molecule has 2 aromatic heterocycles. The van der Waals surface area contributed by atoms with Gasteiger partial charge in [0.05, 0.1) is 23.8 Å². The molecule has 0 aliphatic rings. The molecule has 108 valence electrons. The van der Waals surface area contributed by atoms with Crippen molar-refractivity contribution in [2.75, 3.05) is 0 Å². The van der Waals surface area contributed by atoms with Crippen molar-refractivity contribution in [3.8, 4) is 0 Å². The summed E-state index contributed by atoms with van der Waals surface area (Å²) in [5.41, 5.74) is 4.85. The molecule has 3 rings (SSSR count). The molecule has 0 saturated carbocycles. The molecule has 1 amide bonds. The Labute approximate surface area is 121 Å². The number of amides is 1. The normalized spacial score (nSPS) is 11.0. The van der Waals surface area contributed by atoms with Gasteiger partial charge in [0.15, 0.2) is 5.76 Å². The molecule has 21 heavy (non-hydrogen) atoms. The summed E-state index contributed by atoms with van der Waals surface area (Å²) in [7, 11) is 0. The summed E-state index contributed by atoms with van der Waals surface area (Å²) in [6, 6.07) is 9.71. The van der Waals surface area contributed by atoms with E-state index in [0.29, 0.717) is 6.54 Å². The minimum Gasteiger partial charge on any atom is -0.459 e. The van der Waals surface area contributed by atoms with Crippen LogP contribution in [0.1, 0.15) is 28.9 Å². The number of nitrogens with two attached hydrogens (primary N) is 1. The zero-order valence-corrected chi connectivity index (χ0v) is 11.7. The lowest BCUT2D eigenvalue weighted by Crippen LogP contribution is -2.30. The number of aryl methyl sites for hydroxylation is 1. The van der Waals surface area contributed by atoms with Crippen LogP contribution in [0.3, 0.4) is 0 Å². The van der Waals surface area contributed by atoms with E-state index in [1.54, 1.807) is 6.07 Å². The average Bonchev–Trinajstić information content (AvgIpc) is 3.12. The van der Waals surface area contributed by atoms with Crippen LogP contribution in [-0.2, 0) is 13.0 Å². The van der Waals surface area contributed by atoms with Crippen molar-refractivity contribution >= 4 is 16.9 Å².